The Morgan fingerprint density at radius 1 is 0.952 bits per heavy atom. The van der Waals surface area contributed by atoms with Crippen molar-refractivity contribution in [1.29, 1.82) is 0 Å². The van der Waals surface area contributed by atoms with Crippen molar-refractivity contribution in [2.75, 3.05) is 5.32 Å². The maximum Gasteiger partial charge on any atom is 0.412 e. The zero-order valence-corrected chi connectivity index (χ0v) is 12.7. The Kier molecular flexibility index (Phi) is 4.63. The van der Waals surface area contributed by atoms with E-state index in [-0.39, 0.29) is 0 Å². The number of ether oxygens (including phenoxy) is 1. The summed E-state index contributed by atoms with van der Waals surface area (Å²) in [5.41, 5.74) is 2.72. The lowest BCUT2D eigenvalue weighted by Crippen LogP contribution is -2.27. The molecule has 0 unspecified atom stereocenters. The maximum absolute atomic E-state index is 11.7. The van der Waals surface area contributed by atoms with Gasteiger partial charge in [0.05, 0.1) is 0 Å². The minimum atomic E-state index is -0.489. The van der Waals surface area contributed by atoms with Crippen LogP contribution in [0.3, 0.4) is 0 Å². The van der Waals surface area contributed by atoms with E-state index in [0.29, 0.717) is 0 Å². The van der Waals surface area contributed by atoms with Crippen molar-refractivity contribution in [2.24, 2.45) is 0 Å². The highest BCUT2D eigenvalue weighted by Crippen LogP contribution is 2.15. The minimum absolute atomic E-state index is 0.432. The summed E-state index contributed by atoms with van der Waals surface area (Å²) in [4.78, 5) is 11.7. The van der Waals surface area contributed by atoms with Gasteiger partial charge in [-0.25, -0.2) is 4.79 Å². The Morgan fingerprint density at radius 2 is 1.52 bits per heavy atom. The summed E-state index contributed by atoms with van der Waals surface area (Å²) in [6.45, 7) is 5.53. The first-order valence-electron chi connectivity index (χ1n) is 7.05. The molecule has 0 aliphatic carbocycles. The van der Waals surface area contributed by atoms with Gasteiger partial charge in [0.25, 0.3) is 0 Å². The van der Waals surface area contributed by atoms with Crippen molar-refractivity contribution in [2.45, 2.75) is 32.8 Å². The van der Waals surface area contributed by atoms with Crippen LogP contribution in [0.15, 0.2) is 54.6 Å². The second-order valence-corrected chi connectivity index (χ2v) is 5.99. The number of amides is 1. The van der Waals surface area contributed by atoms with Crippen LogP contribution in [-0.4, -0.2) is 11.7 Å². The van der Waals surface area contributed by atoms with E-state index >= 15 is 0 Å². The first-order chi connectivity index (χ1) is 9.92. The second-order valence-electron chi connectivity index (χ2n) is 5.99. The Labute approximate surface area is 126 Å². The van der Waals surface area contributed by atoms with Gasteiger partial charge < -0.3 is 4.74 Å². The van der Waals surface area contributed by atoms with Crippen molar-refractivity contribution >= 4 is 11.8 Å². The number of nitrogens with one attached hydrogen (secondary N) is 1. The largest absolute Gasteiger partial charge is 0.444 e. The lowest BCUT2D eigenvalue weighted by atomic mass is 10.1. The van der Waals surface area contributed by atoms with Crippen LogP contribution < -0.4 is 5.32 Å². The fourth-order valence-electron chi connectivity index (χ4n) is 1.96. The molecule has 110 valence electrons. The van der Waals surface area contributed by atoms with Gasteiger partial charge in [0.2, 0.25) is 0 Å². The molecule has 2 aromatic rings. The number of rotatable bonds is 3. The average molecular weight is 283 g/mol. The van der Waals surface area contributed by atoms with Crippen LogP contribution in [-0.2, 0) is 11.2 Å². The lowest BCUT2D eigenvalue weighted by molar-refractivity contribution is 0.0636. The Balaban J connectivity index is 1.95. The Hall–Kier alpha value is -2.29. The predicted molar refractivity (Wildman–Crippen MR) is 85.5 cm³/mol. The molecule has 1 N–H and O–H groups in total. The minimum Gasteiger partial charge on any atom is -0.444 e. The zero-order valence-electron chi connectivity index (χ0n) is 12.7. The lowest BCUT2D eigenvalue weighted by Gasteiger charge is -2.19. The summed E-state index contributed by atoms with van der Waals surface area (Å²) < 4.78 is 5.22. The SMILES string of the molecule is CC(C)(C)OC(=O)Nc1ccc(Cc2ccccc2)cc1. The third kappa shape index (κ3) is 5.30. The van der Waals surface area contributed by atoms with Crippen LogP contribution in [0.4, 0.5) is 10.5 Å². The molecule has 2 rings (SSSR count). The van der Waals surface area contributed by atoms with Crippen molar-refractivity contribution in [1.82, 2.24) is 0 Å². The number of anilines is 1. The Bertz CT molecular complexity index is 583. The molecule has 0 spiro atoms. The monoisotopic (exact) mass is 283 g/mol. The number of carbonyl (C=O) groups is 1. The van der Waals surface area contributed by atoms with Gasteiger partial charge in [-0.15, -0.1) is 0 Å². The number of carbonyl (C=O) groups excluding carboxylic acids is 1. The predicted octanol–water partition coefficient (Wildman–Crippen LogP) is 4.62. The highest BCUT2D eigenvalue weighted by Gasteiger charge is 2.15. The van der Waals surface area contributed by atoms with Gasteiger partial charge in [0, 0.05) is 5.69 Å². The molecule has 21 heavy (non-hydrogen) atoms. The third-order valence-electron chi connectivity index (χ3n) is 2.85. The molecule has 0 saturated heterocycles. The van der Waals surface area contributed by atoms with E-state index in [4.69, 9.17) is 4.74 Å². The molecule has 3 nitrogen and oxygen atoms in total. The molecular weight excluding hydrogens is 262 g/mol. The first-order valence-corrected chi connectivity index (χ1v) is 7.05. The third-order valence-corrected chi connectivity index (χ3v) is 2.85. The molecule has 0 atom stereocenters. The highest BCUT2D eigenvalue weighted by molar-refractivity contribution is 5.84. The summed E-state index contributed by atoms with van der Waals surface area (Å²) in [5, 5.41) is 2.73. The zero-order chi connectivity index (χ0) is 15.3. The van der Waals surface area contributed by atoms with Crippen LogP contribution >= 0.6 is 0 Å². The van der Waals surface area contributed by atoms with E-state index in [1.807, 2.05) is 63.2 Å². The molecule has 2 aromatic carbocycles. The molecular formula is C18H21NO2. The smallest absolute Gasteiger partial charge is 0.412 e. The molecule has 0 heterocycles. The summed E-state index contributed by atoms with van der Waals surface area (Å²) in [6, 6.07) is 18.1. The quantitative estimate of drug-likeness (QED) is 0.892. The van der Waals surface area contributed by atoms with Crippen LogP contribution in [0, 0.1) is 0 Å². The number of hydrogen-bond donors (Lipinski definition) is 1. The molecule has 0 radical (unpaired) electrons. The van der Waals surface area contributed by atoms with E-state index in [0.717, 1.165) is 12.1 Å². The number of hydrogen-bond acceptors (Lipinski definition) is 2. The van der Waals surface area contributed by atoms with Gasteiger partial charge in [0.15, 0.2) is 0 Å². The normalized spacial score (nSPS) is 11.0. The summed E-state index contributed by atoms with van der Waals surface area (Å²) >= 11 is 0. The molecule has 0 aromatic heterocycles. The fraction of sp³-hybridized carbons (Fsp3) is 0.278. The van der Waals surface area contributed by atoms with E-state index in [2.05, 4.69) is 17.4 Å². The molecule has 0 aliphatic heterocycles. The summed E-state index contributed by atoms with van der Waals surface area (Å²) in [5.74, 6) is 0. The van der Waals surface area contributed by atoms with Gasteiger partial charge >= 0.3 is 6.09 Å². The molecule has 0 aliphatic rings. The van der Waals surface area contributed by atoms with Crippen molar-refractivity contribution in [3.05, 3.63) is 65.7 Å². The molecule has 0 saturated carbocycles. The van der Waals surface area contributed by atoms with Gasteiger partial charge in [-0.05, 0) is 50.5 Å². The van der Waals surface area contributed by atoms with E-state index < -0.39 is 11.7 Å². The molecule has 1 amide bonds. The van der Waals surface area contributed by atoms with Gasteiger partial charge in [0.1, 0.15) is 5.60 Å². The van der Waals surface area contributed by atoms with Crippen LogP contribution in [0.1, 0.15) is 31.9 Å². The molecule has 3 heteroatoms. The average Bonchev–Trinajstić information content (AvgIpc) is 2.40. The topological polar surface area (TPSA) is 38.3 Å². The molecule has 0 fully saturated rings. The Morgan fingerprint density at radius 3 is 2.10 bits per heavy atom. The van der Waals surface area contributed by atoms with Crippen molar-refractivity contribution in [3.63, 3.8) is 0 Å². The fourth-order valence-corrected chi connectivity index (χ4v) is 1.96. The number of benzene rings is 2. The van der Waals surface area contributed by atoms with Gasteiger partial charge in [-0.1, -0.05) is 42.5 Å². The van der Waals surface area contributed by atoms with Crippen molar-refractivity contribution in [3.8, 4) is 0 Å². The summed E-state index contributed by atoms with van der Waals surface area (Å²) in [6.07, 6.45) is 0.450. The second kappa shape index (κ2) is 6.44. The van der Waals surface area contributed by atoms with Crippen LogP contribution in [0.25, 0.3) is 0 Å². The highest BCUT2D eigenvalue weighted by atomic mass is 16.6. The van der Waals surface area contributed by atoms with Crippen LogP contribution in [0.5, 0.6) is 0 Å². The summed E-state index contributed by atoms with van der Waals surface area (Å²) in [7, 11) is 0. The standard InChI is InChI=1S/C18H21NO2/c1-18(2,3)21-17(20)19-16-11-9-15(10-12-16)13-14-7-5-4-6-8-14/h4-12H,13H2,1-3H3,(H,19,20). The van der Waals surface area contributed by atoms with Crippen LogP contribution in [0.2, 0.25) is 0 Å². The molecule has 0 bridgehead atoms. The van der Waals surface area contributed by atoms with E-state index in [1.165, 1.54) is 11.1 Å². The van der Waals surface area contributed by atoms with Crippen molar-refractivity contribution < 1.29 is 9.53 Å². The van der Waals surface area contributed by atoms with Gasteiger partial charge in [-0.2, -0.15) is 0 Å². The maximum atomic E-state index is 11.7. The van der Waals surface area contributed by atoms with E-state index in [9.17, 15) is 4.79 Å². The van der Waals surface area contributed by atoms with Gasteiger partial charge in [-0.3, -0.25) is 5.32 Å². The first kappa shape index (κ1) is 15.1. The van der Waals surface area contributed by atoms with E-state index in [1.54, 1.807) is 0 Å².